The molecular formula is C17H26N2O2. The second-order valence-electron chi connectivity index (χ2n) is 5.84. The minimum atomic E-state index is 0.171. The molecule has 1 fully saturated rings. The first-order valence-corrected chi connectivity index (χ1v) is 7.78. The Morgan fingerprint density at radius 1 is 1.38 bits per heavy atom. The van der Waals surface area contributed by atoms with Crippen molar-refractivity contribution >= 4 is 5.91 Å². The van der Waals surface area contributed by atoms with Gasteiger partial charge in [0.2, 0.25) is 5.91 Å². The molecule has 2 rings (SSSR count). The summed E-state index contributed by atoms with van der Waals surface area (Å²) < 4.78 is 5.14. The van der Waals surface area contributed by atoms with Crippen LogP contribution in [-0.2, 0) is 11.2 Å². The quantitative estimate of drug-likeness (QED) is 0.816. The summed E-state index contributed by atoms with van der Waals surface area (Å²) in [6, 6.07) is 8.12. The maximum atomic E-state index is 12.1. The third kappa shape index (κ3) is 5.05. The van der Waals surface area contributed by atoms with E-state index >= 15 is 0 Å². The summed E-state index contributed by atoms with van der Waals surface area (Å²) in [7, 11) is 3.76. The van der Waals surface area contributed by atoms with E-state index in [1.54, 1.807) is 7.11 Å². The van der Waals surface area contributed by atoms with Gasteiger partial charge in [-0.1, -0.05) is 12.1 Å². The van der Waals surface area contributed by atoms with E-state index in [4.69, 9.17) is 4.74 Å². The van der Waals surface area contributed by atoms with Gasteiger partial charge in [0.1, 0.15) is 5.75 Å². The van der Waals surface area contributed by atoms with Gasteiger partial charge >= 0.3 is 0 Å². The molecular weight excluding hydrogens is 264 g/mol. The Morgan fingerprint density at radius 3 is 2.81 bits per heavy atom. The van der Waals surface area contributed by atoms with Crippen LogP contribution < -0.4 is 10.1 Å². The van der Waals surface area contributed by atoms with Crippen molar-refractivity contribution in [3.8, 4) is 5.75 Å². The van der Waals surface area contributed by atoms with Gasteiger partial charge in [-0.25, -0.2) is 0 Å². The first kappa shape index (κ1) is 15.8. The lowest BCUT2D eigenvalue weighted by Crippen LogP contribution is -2.41. The molecule has 0 bridgehead atoms. The van der Waals surface area contributed by atoms with Gasteiger partial charge < -0.3 is 15.0 Å². The number of amides is 1. The van der Waals surface area contributed by atoms with Crippen LogP contribution in [0.3, 0.4) is 0 Å². The number of methoxy groups -OCH3 is 1. The molecule has 0 unspecified atom stereocenters. The molecule has 0 radical (unpaired) electrons. The standard InChI is InChI=1S/C17H26N2O2/c1-19-12-4-6-15(13-19)17(20)18-11-3-5-14-7-9-16(21-2)10-8-14/h7-10,15H,3-6,11-13H2,1-2H3,(H,18,20)/t15-/m0/s1. The highest BCUT2D eigenvalue weighted by Gasteiger charge is 2.23. The molecule has 1 aromatic carbocycles. The van der Waals surface area contributed by atoms with Crippen molar-refractivity contribution in [3.63, 3.8) is 0 Å². The molecule has 0 aromatic heterocycles. The number of nitrogens with zero attached hydrogens (tertiary/aromatic N) is 1. The Kier molecular flexibility index (Phi) is 6.05. The van der Waals surface area contributed by atoms with E-state index < -0.39 is 0 Å². The number of nitrogens with one attached hydrogen (secondary N) is 1. The summed E-state index contributed by atoms with van der Waals surface area (Å²) in [5, 5.41) is 3.08. The fraction of sp³-hybridized carbons (Fsp3) is 0.588. The Labute approximate surface area is 127 Å². The fourth-order valence-corrected chi connectivity index (χ4v) is 2.82. The van der Waals surface area contributed by atoms with Crippen molar-refractivity contribution in [1.82, 2.24) is 10.2 Å². The summed E-state index contributed by atoms with van der Waals surface area (Å²) in [6.45, 7) is 2.76. The molecule has 4 nitrogen and oxygen atoms in total. The van der Waals surface area contributed by atoms with E-state index in [1.807, 2.05) is 12.1 Å². The first-order valence-electron chi connectivity index (χ1n) is 7.78. The van der Waals surface area contributed by atoms with Crippen LogP contribution in [0.5, 0.6) is 5.75 Å². The van der Waals surface area contributed by atoms with E-state index in [0.29, 0.717) is 0 Å². The fourth-order valence-electron chi connectivity index (χ4n) is 2.82. The van der Waals surface area contributed by atoms with Crippen LogP contribution in [0.2, 0.25) is 0 Å². The second-order valence-corrected chi connectivity index (χ2v) is 5.84. The van der Waals surface area contributed by atoms with Gasteiger partial charge in [0, 0.05) is 13.1 Å². The largest absolute Gasteiger partial charge is 0.497 e. The molecule has 1 N–H and O–H groups in total. The minimum Gasteiger partial charge on any atom is -0.497 e. The molecule has 1 saturated heterocycles. The van der Waals surface area contributed by atoms with Crippen LogP contribution >= 0.6 is 0 Å². The average molecular weight is 290 g/mol. The van der Waals surface area contributed by atoms with E-state index in [-0.39, 0.29) is 11.8 Å². The van der Waals surface area contributed by atoms with Crippen LogP contribution in [0.1, 0.15) is 24.8 Å². The van der Waals surface area contributed by atoms with Gasteiger partial charge in [0.15, 0.2) is 0 Å². The van der Waals surface area contributed by atoms with E-state index in [9.17, 15) is 4.79 Å². The lowest BCUT2D eigenvalue weighted by atomic mass is 9.97. The molecule has 0 spiro atoms. The van der Waals surface area contributed by atoms with E-state index in [0.717, 1.165) is 51.1 Å². The number of likely N-dealkylation sites (tertiary alicyclic amines) is 1. The third-order valence-corrected chi connectivity index (χ3v) is 4.10. The van der Waals surface area contributed by atoms with Gasteiger partial charge in [-0.15, -0.1) is 0 Å². The molecule has 1 atom stereocenters. The van der Waals surface area contributed by atoms with Gasteiger partial charge in [-0.2, -0.15) is 0 Å². The highest BCUT2D eigenvalue weighted by Crippen LogP contribution is 2.15. The zero-order chi connectivity index (χ0) is 15.1. The predicted molar refractivity (Wildman–Crippen MR) is 84.5 cm³/mol. The van der Waals surface area contributed by atoms with Crippen molar-refractivity contribution in [1.29, 1.82) is 0 Å². The highest BCUT2D eigenvalue weighted by molar-refractivity contribution is 5.78. The first-order chi connectivity index (χ1) is 10.2. The maximum Gasteiger partial charge on any atom is 0.224 e. The van der Waals surface area contributed by atoms with Gasteiger partial charge in [0.05, 0.1) is 13.0 Å². The summed E-state index contributed by atoms with van der Waals surface area (Å²) in [6.07, 6.45) is 4.10. The molecule has 21 heavy (non-hydrogen) atoms. The van der Waals surface area contributed by atoms with Crippen LogP contribution in [-0.4, -0.2) is 44.6 Å². The number of piperidine rings is 1. The smallest absolute Gasteiger partial charge is 0.224 e. The summed E-state index contributed by atoms with van der Waals surface area (Å²) in [5.74, 6) is 1.27. The van der Waals surface area contributed by atoms with Gasteiger partial charge in [-0.3, -0.25) is 4.79 Å². The zero-order valence-corrected chi connectivity index (χ0v) is 13.1. The molecule has 1 aliphatic rings. The SMILES string of the molecule is COc1ccc(CCCNC(=O)[C@H]2CCCN(C)C2)cc1. The number of hydrogen-bond donors (Lipinski definition) is 1. The number of rotatable bonds is 6. The normalized spacial score (nSPS) is 19.2. The second kappa shape index (κ2) is 8.03. The van der Waals surface area contributed by atoms with Crippen LogP contribution in [0.25, 0.3) is 0 Å². The molecule has 0 saturated carbocycles. The molecule has 116 valence electrons. The molecule has 1 aromatic rings. The Balaban J connectivity index is 1.65. The zero-order valence-electron chi connectivity index (χ0n) is 13.1. The Bertz CT molecular complexity index is 445. The Morgan fingerprint density at radius 2 is 2.14 bits per heavy atom. The van der Waals surface area contributed by atoms with Crippen molar-refractivity contribution < 1.29 is 9.53 Å². The highest BCUT2D eigenvalue weighted by atomic mass is 16.5. The number of carbonyl (C=O) groups excluding carboxylic acids is 1. The lowest BCUT2D eigenvalue weighted by Gasteiger charge is -2.28. The molecule has 1 amide bonds. The summed E-state index contributed by atoms with van der Waals surface area (Å²) in [4.78, 5) is 14.3. The maximum absolute atomic E-state index is 12.1. The van der Waals surface area contributed by atoms with Crippen molar-refractivity contribution in [2.24, 2.45) is 5.92 Å². The van der Waals surface area contributed by atoms with Crippen molar-refractivity contribution in [2.45, 2.75) is 25.7 Å². The van der Waals surface area contributed by atoms with Crippen molar-refractivity contribution in [3.05, 3.63) is 29.8 Å². The number of ether oxygens (including phenoxy) is 1. The summed E-state index contributed by atoms with van der Waals surface area (Å²) >= 11 is 0. The monoisotopic (exact) mass is 290 g/mol. The topological polar surface area (TPSA) is 41.6 Å². The van der Waals surface area contributed by atoms with Crippen LogP contribution in [0, 0.1) is 5.92 Å². The van der Waals surface area contributed by atoms with Crippen molar-refractivity contribution in [2.75, 3.05) is 33.8 Å². The third-order valence-electron chi connectivity index (χ3n) is 4.10. The minimum absolute atomic E-state index is 0.171. The van der Waals surface area contributed by atoms with Gasteiger partial charge in [-0.05, 0) is 57.0 Å². The van der Waals surface area contributed by atoms with E-state index in [1.165, 1.54) is 5.56 Å². The summed E-state index contributed by atoms with van der Waals surface area (Å²) in [5.41, 5.74) is 1.28. The van der Waals surface area contributed by atoms with E-state index in [2.05, 4.69) is 29.4 Å². The average Bonchev–Trinajstić information content (AvgIpc) is 2.52. The molecule has 0 aliphatic carbocycles. The molecule has 1 heterocycles. The van der Waals surface area contributed by atoms with Crippen LogP contribution in [0.15, 0.2) is 24.3 Å². The number of aryl methyl sites for hydroxylation is 1. The number of hydrogen-bond acceptors (Lipinski definition) is 3. The van der Waals surface area contributed by atoms with Gasteiger partial charge in [0.25, 0.3) is 0 Å². The lowest BCUT2D eigenvalue weighted by molar-refractivity contribution is -0.126. The van der Waals surface area contributed by atoms with Crippen LogP contribution in [0.4, 0.5) is 0 Å². The number of benzene rings is 1. The molecule has 4 heteroatoms. The Hall–Kier alpha value is -1.55. The predicted octanol–water partition coefficient (Wildman–Crippen LogP) is 2.09. The molecule has 1 aliphatic heterocycles. The number of carbonyl (C=O) groups is 1.